The number of rotatable bonds is 3. The van der Waals surface area contributed by atoms with Crippen LogP contribution in [-0.4, -0.2) is 29.7 Å². The zero-order valence-electron chi connectivity index (χ0n) is 22.1. The molecule has 0 bridgehead atoms. The summed E-state index contributed by atoms with van der Waals surface area (Å²) in [5.74, 6) is -1.63. The van der Waals surface area contributed by atoms with Gasteiger partial charge in [-0.3, -0.25) is 9.59 Å². The molecule has 1 amide bonds. The van der Waals surface area contributed by atoms with Crippen LogP contribution in [0.1, 0.15) is 49.4 Å². The number of nitrogens with zero attached hydrogens (tertiary/aromatic N) is 2. The number of para-hydroxylation sites is 2. The fourth-order valence-corrected chi connectivity index (χ4v) is 6.26. The van der Waals surface area contributed by atoms with Crippen molar-refractivity contribution in [2.45, 2.75) is 45.7 Å². The number of Topliss-reactive ketones (excluding diaryl/α,β-unsaturated/α-hetero) is 1. The lowest BCUT2D eigenvalue weighted by atomic mass is 9.73. The fourth-order valence-electron chi connectivity index (χ4n) is 6.26. The number of amides is 1. The zero-order chi connectivity index (χ0) is 27.3. The van der Waals surface area contributed by atoms with E-state index in [4.69, 9.17) is 0 Å². The maximum Gasteiger partial charge on any atom is 0.242 e. The molecule has 6 rings (SSSR count). The Kier molecular flexibility index (Phi) is 6.25. The molecule has 0 radical (unpaired) electrons. The number of carbonyl (C=O) groups excluding carboxylic acids is 2. The Hall–Kier alpha value is -4.00. The molecule has 2 heterocycles. The molecule has 0 aromatic heterocycles. The van der Waals surface area contributed by atoms with Gasteiger partial charge in [0.1, 0.15) is 11.6 Å². The summed E-state index contributed by atoms with van der Waals surface area (Å²) in [5.41, 5.74) is 5.06. The first-order valence-corrected chi connectivity index (χ1v) is 13.4. The number of hydrogen-bond acceptors (Lipinski definition) is 4. The molecule has 0 spiro atoms. The Morgan fingerprint density at radius 1 is 0.974 bits per heavy atom. The molecule has 39 heavy (non-hydrogen) atoms. The highest BCUT2D eigenvalue weighted by molar-refractivity contribution is 6.02. The van der Waals surface area contributed by atoms with Crippen LogP contribution in [0.15, 0.2) is 78.0 Å². The van der Waals surface area contributed by atoms with Crippen LogP contribution >= 0.6 is 0 Å². The molecule has 3 aromatic carbocycles. The van der Waals surface area contributed by atoms with Crippen molar-refractivity contribution >= 4 is 23.1 Å². The molecule has 0 saturated heterocycles. The van der Waals surface area contributed by atoms with Crippen LogP contribution in [0.4, 0.5) is 20.2 Å². The first-order valence-electron chi connectivity index (χ1n) is 13.4. The highest BCUT2D eigenvalue weighted by Gasteiger charge is 2.42. The van der Waals surface area contributed by atoms with E-state index in [0.717, 1.165) is 29.4 Å². The van der Waals surface area contributed by atoms with Crippen molar-refractivity contribution in [1.29, 1.82) is 0 Å². The molecule has 1 unspecified atom stereocenters. The first-order chi connectivity index (χ1) is 18.7. The second-order valence-electron chi connectivity index (χ2n) is 11.5. The highest BCUT2D eigenvalue weighted by atomic mass is 19.1. The Morgan fingerprint density at radius 2 is 1.67 bits per heavy atom. The minimum absolute atomic E-state index is 0.0445. The summed E-state index contributed by atoms with van der Waals surface area (Å²) in [5, 5.41) is 3.48. The summed E-state index contributed by atoms with van der Waals surface area (Å²) in [7, 11) is 0. The molecule has 200 valence electrons. The van der Waals surface area contributed by atoms with Gasteiger partial charge in [0.25, 0.3) is 0 Å². The maximum atomic E-state index is 14.6. The molecule has 2 aliphatic heterocycles. The first kappa shape index (κ1) is 25.3. The van der Waals surface area contributed by atoms with Gasteiger partial charge in [0.05, 0.1) is 24.0 Å². The standard InChI is InChI=1S/C32H31F2N3O2/c1-32(2)16-26-30(28(38)17-32)31(22-13-23(33)15-24(34)14-22)37(27-10-6-5-9-25(27)35-26)19-29(39)36-12-11-20-7-3-4-8-21(20)18-36/h3-10,13-15,31,35H,11-12,16-19H2,1-2H3. The van der Waals surface area contributed by atoms with E-state index in [9.17, 15) is 18.4 Å². The molecule has 0 saturated carbocycles. The van der Waals surface area contributed by atoms with Gasteiger partial charge in [-0.15, -0.1) is 0 Å². The van der Waals surface area contributed by atoms with Gasteiger partial charge in [0, 0.05) is 36.8 Å². The molecular weight excluding hydrogens is 496 g/mol. The quantitative estimate of drug-likeness (QED) is 0.443. The lowest BCUT2D eigenvalue weighted by Gasteiger charge is -2.39. The van der Waals surface area contributed by atoms with Crippen LogP contribution in [-0.2, 0) is 22.6 Å². The van der Waals surface area contributed by atoms with Crippen molar-refractivity contribution in [1.82, 2.24) is 4.90 Å². The van der Waals surface area contributed by atoms with Gasteiger partial charge in [-0.1, -0.05) is 50.2 Å². The lowest BCUT2D eigenvalue weighted by molar-refractivity contribution is -0.130. The van der Waals surface area contributed by atoms with E-state index in [1.807, 2.05) is 66.1 Å². The third-order valence-corrected chi connectivity index (χ3v) is 7.99. The number of nitrogens with one attached hydrogen (secondary N) is 1. The van der Waals surface area contributed by atoms with Gasteiger partial charge in [0.15, 0.2) is 5.78 Å². The van der Waals surface area contributed by atoms with Gasteiger partial charge >= 0.3 is 0 Å². The zero-order valence-corrected chi connectivity index (χ0v) is 22.1. The topological polar surface area (TPSA) is 52.7 Å². The number of fused-ring (bicyclic) bond motifs is 2. The lowest BCUT2D eigenvalue weighted by Crippen LogP contribution is -2.45. The van der Waals surface area contributed by atoms with Crippen molar-refractivity contribution in [3.8, 4) is 0 Å². The predicted octanol–water partition coefficient (Wildman–Crippen LogP) is 6.17. The molecule has 1 N–H and O–H groups in total. The van der Waals surface area contributed by atoms with Gasteiger partial charge < -0.3 is 15.1 Å². The summed E-state index contributed by atoms with van der Waals surface area (Å²) in [6, 6.07) is 18.2. The van der Waals surface area contributed by atoms with Crippen LogP contribution in [0.5, 0.6) is 0 Å². The van der Waals surface area contributed by atoms with Crippen molar-refractivity contribution in [2.75, 3.05) is 23.3 Å². The summed E-state index contributed by atoms with van der Waals surface area (Å²) in [6.45, 7) is 5.13. The second kappa shape index (κ2) is 9.63. The van der Waals surface area contributed by atoms with E-state index in [-0.39, 0.29) is 23.7 Å². The fraction of sp³-hybridized carbons (Fsp3) is 0.312. The Labute approximate surface area is 227 Å². The smallest absolute Gasteiger partial charge is 0.242 e. The Morgan fingerprint density at radius 3 is 2.44 bits per heavy atom. The highest BCUT2D eigenvalue weighted by Crippen LogP contribution is 2.48. The number of benzene rings is 3. The van der Waals surface area contributed by atoms with Crippen LogP contribution in [0.25, 0.3) is 0 Å². The van der Waals surface area contributed by atoms with Crippen LogP contribution < -0.4 is 10.2 Å². The average Bonchev–Trinajstić information content (AvgIpc) is 3.01. The normalized spacial score (nSPS) is 20.0. The minimum Gasteiger partial charge on any atom is -0.357 e. The van der Waals surface area contributed by atoms with E-state index in [2.05, 4.69) is 11.4 Å². The van der Waals surface area contributed by atoms with Crippen molar-refractivity contribution in [2.24, 2.45) is 5.41 Å². The number of carbonyl (C=O) groups is 2. The Balaban J connectivity index is 1.47. The molecule has 5 nitrogen and oxygen atoms in total. The summed E-state index contributed by atoms with van der Waals surface area (Å²) < 4.78 is 29.2. The predicted molar refractivity (Wildman–Crippen MR) is 147 cm³/mol. The van der Waals surface area contributed by atoms with Crippen LogP contribution in [0, 0.1) is 17.0 Å². The van der Waals surface area contributed by atoms with E-state index in [1.54, 1.807) is 0 Å². The largest absolute Gasteiger partial charge is 0.357 e. The number of allylic oxidation sites excluding steroid dienone is 1. The Bertz CT molecular complexity index is 1490. The van der Waals surface area contributed by atoms with Crippen LogP contribution in [0.3, 0.4) is 0 Å². The SMILES string of the molecule is CC1(C)CC(=O)C2=C(C1)Nc1ccccc1N(CC(=O)N1CCc3ccccc3C1)C2c1cc(F)cc(F)c1. The number of halogens is 2. The van der Waals surface area contributed by atoms with Crippen LogP contribution in [0.2, 0.25) is 0 Å². The molecule has 0 fully saturated rings. The number of ketones is 1. The third-order valence-electron chi connectivity index (χ3n) is 7.99. The van der Waals surface area contributed by atoms with Gasteiger partial charge in [0.2, 0.25) is 5.91 Å². The maximum absolute atomic E-state index is 14.6. The van der Waals surface area contributed by atoms with Crippen molar-refractivity contribution < 1.29 is 18.4 Å². The molecular formula is C32H31F2N3O2. The van der Waals surface area contributed by atoms with Gasteiger partial charge in [-0.05, 0) is 59.2 Å². The van der Waals surface area contributed by atoms with Gasteiger partial charge in [-0.25, -0.2) is 8.78 Å². The van der Waals surface area contributed by atoms with E-state index >= 15 is 0 Å². The van der Waals surface area contributed by atoms with E-state index < -0.39 is 17.7 Å². The number of hydrogen-bond donors (Lipinski definition) is 1. The molecule has 1 atom stereocenters. The van der Waals surface area contributed by atoms with Gasteiger partial charge in [-0.2, -0.15) is 0 Å². The summed E-state index contributed by atoms with van der Waals surface area (Å²) in [6.07, 6.45) is 1.67. The molecule has 3 aliphatic rings. The molecule has 1 aliphatic carbocycles. The second-order valence-corrected chi connectivity index (χ2v) is 11.5. The van der Waals surface area contributed by atoms with E-state index in [0.29, 0.717) is 42.8 Å². The van der Waals surface area contributed by atoms with Crippen molar-refractivity contribution in [3.63, 3.8) is 0 Å². The summed E-state index contributed by atoms with van der Waals surface area (Å²) >= 11 is 0. The van der Waals surface area contributed by atoms with Crippen molar-refractivity contribution in [3.05, 3.63) is 106 Å². The molecule has 7 heteroatoms. The third kappa shape index (κ3) is 4.82. The number of anilines is 2. The summed E-state index contributed by atoms with van der Waals surface area (Å²) in [4.78, 5) is 31.3. The van der Waals surface area contributed by atoms with E-state index in [1.165, 1.54) is 17.7 Å². The minimum atomic E-state index is -0.828. The monoisotopic (exact) mass is 527 g/mol. The average molecular weight is 528 g/mol. The molecule has 3 aromatic rings.